The van der Waals surface area contributed by atoms with E-state index >= 15 is 0 Å². The SMILES string of the molecule is CCCCC(N[C@@H](Cc1cncn1Cc1ccccc1)C(=O)O)C(=O)O. The molecule has 2 atom stereocenters. The summed E-state index contributed by atoms with van der Waals surface area (Å²) in [5.41, 5.74) is 1.83. The van der Waals surface area contributed by atoms with Gasteiger partial charge in [0.05, 0.1) is 6.33 Å². The molecule has 0 saturated heterocycles. The summed E-state index contributed by atoms with van der Waals surface area (Å²) in [6, 6.07) is 7.94. The number of unbranched alkanes of at least 4 members (excludes halogenated alkanes) is 1. The zero-order chi connectivity index (χ0) is 18.9. The van der Waals surface area contributed by atoms with E-state index in [-0.39, 0.29) is 6.42 Å². The van der Waals surface area contributed by atoms with Gasteiger partial charge in [-0.25, -0.2) is 4.98 Å². The predicted octanol–water partition coefficient (Wildman–Crippen LogP) is 2.16. The van der Waals surface area contributed by atoms with E-state index in [0.29, 0.717) is 13.0 Å². The number of rotatable bonds is 11. The lowest BCUT2D eigenvalue weighted by molar-refractivity contribution is -0.142. The fourth-order valence-corrected chi connectivity index (χ4v) is 2.80. The molecule has 0 radical (unpaired) electrons. The monoisotopic (exact) mass is 359 g/mol. The second-order valence-corrected chi connectivity index (χ2v) is 6.29. The van der Waals surface area contributed by atoms with Crippen molar-refractivity contribution in [1.82, 2.24) is 14.9 Å². The van der Waals surface area contributed by atoms with Crippen LogP contribution in [-0.4, -0.2) is 43.8 Å². The lowest BCUT2D eigenvalue weighted by Gasteiger charge is -2.20. The van der Waals surface area contributed by atoms with E-state index in [9.17, 15) is 19.8 Å². The normalized spacial score (nSPS) is 13.3. The van der Waals surface area contributed by atoms with Gasteiger partial charge in [0.15, 0.2) is 0 Å². The van der Waals surface area contributed by atoms with Crippen LogP contribution < -0.4 is 5.32 Å². The number of hydrogen-bond acceptors (Lipinski definition) is 4. The van der Waals surface area contributed by atoms with Crippen molar-refractivity contribution in [3.63, 3.8) is 0 Å². The van der Waals surface area contributed by atoms with Crippen LogP contribution in [0.15, 0.2) is 42.9 Å². The zero-order valence-electron chi connectivity index (χ0n) is 14.8. The Balaban J connectivity index is 2.09. The standard InChI is InChI=1S/C19H25N3O4/c1-2-3-9-16(18(23)24)21-17(19(25)26)10-15-11-20-13-22(15)12-14-7-5-4-6-8-14/h4-8,11,13,16-17,21H,2-3,9-10,12H2,1H3,(H,23,24)(H,25,26)/t16?,17-/m0/s1. The van der Waals surface area contributed by atoms with Crippen LogP contribution in [0.4, 0.5) is 0 Å². The first-order valence-electron chi connectivity index (χ1n) is 8.75. The number of nitrogens with zero attached hydrogens (tertiary/aromatic N) is 2. The molecular formula is C19H25N3O4. The number of aliphatic carboxylic acids is 2. The highest BCUT2D eigenvalue weighted by Gasteiger charge is 2.26. The molecule has 26 heavy (non-hydrogen) atoms. The number of carboxylic acids is 2. The van der Waals surface area contributed by atoms with Crippen molar-refractivity contribution in [3.8, 4) is 0 Å². The predicted molar refractivity (Wildman–Crippen MR) is 97.0 cm³/mol. The molecule has 3 N–H and O–H groups in total. The summed E-state index contributed by atoms with van der Waals surface area (Å²) in [5.74, 6) is -2.09. The van der Waals surface area contributed by atoms with Crippen molar-refractivity contribution >= 4 is 11.9 Å². The molecule has 140 valence electrons. The number of benzene rings is 1. The van der Waals surface area contributed by atoms with Crippen molar-refractivity contribution in [2.75, 3.05) is 0 Å². The van der Waals surface area contributed by atoms with Crippen LogP contribution in [0.1, 0.15) is 37.4 Å². The third-order valence-corrected chi connectivity index (χ3v) is 4.25. The Morgan fingerprint density at radius 2 is 1.85 bits per heavy atom. The molecule has 7 nitrogen and oxygen atoms in total. The summed E-state index contributed by atoms with van der Waals surface area (Å²) < 4.78 is 1.88. The lowest BCUT2D eigenvalue weighted by atomic mass is 10.1. The van der Waals surface area contributed by atoms with Gasteiger partial charge in [0.1, 0.15) is 12.1 Å². The van der Waals surface area contributed by atoms with E-state index in [4.69, 9.17) is 0 Å². The van der Waals surface area contributed by atoms with Gasteiger partial charge in [-0.2, -0.15) is 0 Å². The molecule has 7 heteroatoms. The van der Waals surface area contributed by atoms with Gasteiger partial charge in [-0.1, -0.05) is 50.1 Å². The number of hydrogen-bond donors (Lipinski definition) is 3. The van der Waals surface area contributed by atoms with Crippen molar-refractivity contribution in [2.24, 2.45) is 0 Å². The number of nitrogens with one attached hydrogen (secondary N) is 1. The Hall–Kier alpha value is -2.67. The van der Waals surface area contributed by atoms with Gasteiger partial charge in [0.2, 0.25) is 0 Å². The minimum absolute atomic E-state index is 0.165. The molecule has 1 heterocycles. The molecule has 0 aliphatic heterocycles. The van der Waals surface area contributed by atoms with E-state index in [2.05, 4.69) is 10.3 Å². The molecule has 2 rings (SSSR count). The summed E-state index contributed by atoms with van der Waals surface area (Å²) in [5, 5.41) is 21.6. The van der Waals surface area contributed by atoms with Crippen molar-refractivity contribution in [1.29, 1.82) is 0 Å². The first kappa shape index (κ1) is 19.7. The van der Waals surface area contributed by atoms with E-state index < -0.39 is 24.0 Å². The minimum atomic E-state index is -1.07. The van der Waals surface area contributed by atoms with Gasteiger partial charge in [-0.3, -0.25) is 14.9 Å². The molecule has 1 aromatic carbocycles. The molecule has 0 aliphatic carbocycles. The summed E-state index contributed by atoms with van der Waals surface area (Å²) in [6.07, 6.45) is 5.43. The molecule has 0 spiro atoms. The quantitative estimate of drug-likeness (QED) is 0.568. The number of aromatic nitrogens is 2. The minimum Gasteiger partial charge on any atom is -0.480 e. The number of carboxylic acid groups (broad SMARTS) is 2. The Labute approximate surface area is 152 Å². The Morgan fingerprint density at radius 3 is 2.46 bits per heavy atom. The van der Waals surface area contributed by atoms with E-state index in [1.165, 1.54) is 0 Å². The van der Waals surface area contributed by atoms with Gasteiger partial charge >= 0.3 is 11.9 Å². The fourth-order valence-electron chi connectivity index (χ4n) is 2.80. The summed E-state index contributed by atoms with van der Waals surface area (Å²) in [4.78, 5) is 27.2. The lowest BCUT2D eigenvalue weighted by Crippen LogP contribution is -2.48. The molecular weight excluding hydrogens is 334 g/mol. The number of imidazole rings is 1. The Kier molecular flexibility index (Phi) is 7.35. The zero-order valence-corrected chi connectivity index (χ0v) is 14.8. The Morgan fingerprint density at radius 1 is 1.15 bits per heavy atom. The highest BCUT2D eigenvalue weighted by atomic mass is 16.4. The third-order valence-electron chi connectivity index (χ3n) is 4.25. The Bertz CT molecular complexity index is 715. The van der Waals surface area contributed by atoms with Crippen LogP contribution in [0.25, 0.3) is 0 Å². The van der Waals surface area contributed by atoms with Crippen LogP contribution in [-0.2, 0) is 22.6 Å². The van der Waals surface area contributed by atoms with Crippen LogP contribution in [0.5, 0.6) is 0 Å². The van der Waals surface area contributed by atoms with Crippen LogP contribution >= 0.6 is 0 Å². The molecule has 2 aromatic rings. The summed E-state index contributed by atoms with van der Waals surface area (Å²) in [6.45, 7) is 2.55. The smallest absolute Gasteiger partial charge is 0.321 e. The van der Waals surface area contributed by atoms with Crippen LogP contribution in [0.2, 0.25) is 0 Å². The topological polar surface area (TPSA) is 104 Å². The highest BCUT2D eigenvalue weighted by Crippen LogP contribution is 2.10. The first-order chi connectivity index (χ1) is 12.5. The van der Waals surface area contributed by atoms with Crippen molar-refractivity contribution < 1.29 is 19.8 Å². The number of carbonyl (C=O) groups is 2. The fraction of sp³-hybridized carbons (Fsp3) is 0.421. The maximum atomic E-state index is 11.6. The van der Waals surface area contributed by atoms with Gasteiger partial charge in [0, 0.05) is 24.9 Å². The maximum absolute atomic E-state index is 11.6. The maximum Gasteiger partial charge on any atom is 0.321 e. The van der Waals surface area contributed by atoms with Crippen molar-refractivity contribution in [3.05, 3.63) is 54.1 Å². The van der Waals surface area contributed by atoms with Gasteiger partial charge < -0.3 is 14.8 Å². The first-order valence-corrected chi connectivity index (χ1v) is 8.75. The van der Waals surface area contributed by atoms with Gasteiger partial charge in [-0.15, -0.1) is 0 Å². The molecule has 1 aromatic heterocycles. The van der Waals surface area contributed by atoms with Gasteiger partial charge in [0.25, 0.3) is 0 Å². The molecule has 0 fully saturated rings. The summed E-state index contributed by atoms with van der Waals surface area (Å²) in [7, 11) is 0. The second-order valence-electron chi connectivity index (χ2n) is 6.29. The van der Waals surface area contributed by atoms with Crippen LogP contribution in [0, 0.1) is 0 Å². The molecule has 1 unspecified atom stereocenters. The molecule has 0 bridgehead atoms. The third kappa shape index (κ3) is 5.70. The van der Waals surface area contributed by atoms with Crippen LogP contribution in [0.3, 0.4) is 0 Å². The van der Waals surface area contributed by atoms with E-state index in [1.54, 1.807) is 12.5 Å². The summed E-state index contributed by atoms with van der Waals surface area (Å²) >= 11 is 0. The van der Waals surface area contributed by atoms with Crippen molar-refractivity contribution in [2.45, 2.75) is 51.2 Å². The highest BCUT2D eigenvalue weighted by molar-refractivity contribution is 5.77. The molecule has 0 amide bonds. The van der Waals surface area contributed by atoms with E-state index in [0.717, 1.165) is 24.1 Å². The molecule has 0 saturated carbocycles. The van der Waals surface area contributed by atoms with Gasteiger partial charge in [-0.05, 0) is 12.0 Å². The molecule has 0 aliphatic rings. The average molecular weight is 359 g/mol. The average Bonchev–Trinajstić information content (AvgIpc) is 3.04. The largest absolute Gasteiger partial charge is 0.480 e. The second kappa shape index (κ2) is 9.72. The van der Waals surface area contributed by atoms with E-state index in [1.807, 2.05) is 41.8 Å².